The van der Waals surface area contributed by atoms with Gasteiger partial charge in [0.15, 0.2) is 0 Å². The van der Waals surface area contributed by atoms with Gasteiger partial charge in [0.05, 0.1) is 23.0 Å². The third kappa shape index (κ3) is 7.19. The molecule has 4 bridgehead atoms. The summed E-state index contributed by atoms with van der Waals surface area (Å²) in [4.78, 5) is 30.6. The molecule has 3 aromatic heterocycles. The molecule has 4 N–H and O–H groups in total. The third-order valence-corrected chi connectivity index (χ3v) is 8.38. The van der Waals surface area contributed by atoms with Crippen LogP contribution >= 0.6 is 11.9 Å². The van der Waals surface area contributed by atoms with Crippen molar-refractivity contribution in [3.8, 4) is 0 Å². The number of hydrogen-bond acceptors (Lipinski definition) is 8. The van der Waals surface area contributed by atoms with E-state index in [1.807, 2.05) is 56.3 Å². The molecule has 220 valence electrons. The first-order valence-corrected chi connectivity index (χ1v) is 15.5. The van der Waals surface area contributed by atoms with Crippen molar-refractivity contribution >= 4 is 29.5 Å². The van der Waals surface area contributed by atoms with E-state index >= 15 is 0 Å². The molecule has 5 heterocycles. The summed E-state index contributed by atoms with van der Waals surface area (Å²) in [5.74, 6) is 1.78. The van der Waals surface area contributed by atoms with E-state index in [2.05, 4.69) is 55.6 Å². The van der Waals surface area contributed by atoms with Gasteiger partial charge in [0.25, 0.3) is 5.91 Å². The first kappa shape index (κ1) is 30.8. The van der Waals surface area contributed by atoms with E-state index < -0.39 is 0 Å². The highest BCUT2D eigenvalue weighted by Crippen LogP contribution is 2.41. The lowest BCUT2D eigenvalue weighted by atomic mass is 9.90. The number of carbonyl (C=O) groups is 1. The Hall–Kier alpha value is -3.17. The monoisotopic (exact) mass is 575 g/mol. The van der Waals surface area contributed by atoms with E-state index in [0.29, 0.717) is 23.1 Å². The molecule has 1 saturated heterocycles. The molecule has 2 aliphatic rings. The minimum Gasteiger partial charge on any atom is -0.362 e. The van der Waals surface area contributed by atoms with E-state index in [1.165, 1.54) is 11.9 Å². The molecule has 0 aliphatic carbocycles. The Morgan fingerprint density at radius 3 is 2.51 bits per heavy atom. The number of amides is 1. The van der Waals surface area contributed by atoms with Crippen molar-refractivity contribution in [2.45, 2.75) is 96.3 Å². The molecule has 8 nitrogen and oxygen atoms in total. The zero-order valence-corrected chi connectivity index (χ0v) is 26.3. The average Bonchev–Trinajstić information content (AvgIpc) is 3.27. The molecule has 0 radical (unpaired) electrons. The summed E-state index contributed by atoms with van der Waals surface area (Å²) in [6, 6.07) is 15.7. The largest absolute Gasteiger partial charge is 0.362 e. The second kappa shape index (κ2) is 12.8. The Morgan fingerprint density at radius 1 is 1.02 bits per heavy atom. The van der Waals surface area contributed by atoms with Gasteiger partial charge in [-0.2, -0.15) is 0 Å². The van der Waals surface area contributed by atoms with E-state index in [9.17, 15) is 4.79 Å². The summed E-state index contributed by atoms with van der Waals surface area (Å²) in [5.41, 5.74) is 9.04. The van der Waals surface area contributed by atoms with Crippen LogP contribution in [0.2, 0.25) is 0 Å². The standard InChI is InChI=1S/C30H39N7OS.C2H6/c1-29(2,3)24-15-13-21-27(34-24)37-18-19(16-30(37,4)5)12-14-23(22-9-6-8-20(17-31)32-22)33-25-10-7-11-26(35-25)39-36-28(21)38;1-2/h6-11,13,15,19,23H,12,14,16-18,31H2,1-5H3,(H,33,35)(H,36,38);1-2H3. The summed E-state index contributed by atoms with van der Waals surface area (Å²) in [5, 5.41) is 4.32. The summed E-state index contributed by atoms with van der Waals surface area (Å²) in [6.45, 7) is 16.2. The Labute approximate surface area is 249 Å². The predicted molar refractivity (Wildman–Crippen MR) is 169 cm³/mol. The number of fused-ring (bicyclic) bond motifs is 6. The molecule has 3 aromatic rings. The van der Waals surface area contributed by atoms with Crippen LogP contribution < -0.4 is 20.7 Å². The van der Waals surface area contributed by atoms with Gasteiger partial charge in [-0.3, -0.25) is 14.5 Å². The van der Waals surface area contributed by atoms with Crippen LogP contribution in [-0.2, 0) is 12.0 Å². The molecule has 1 fully saturated rings. The number of anilines is 2. The van der Waals surface area contributed by atoms with Gasteiger partial charge < -0.3 is 16.0 Å². The number of rotatable bonds is 2. The van der Waals surface area contributed by atoms with Crippen LogP contribution in [0.15, 0.2) is 53.6 Å². The van der Waals surface area contributed by atoms with Crippen LogP contribution in [0.1, 0.15) is 101 Å². The maximum atomic E-state index is 13.5. The number of hydrogen-bond donors (Lipinski definition) is 3. The Bertz CT molecular complexity index is 1350. The highest BCUT2D eigenvalue weighted by atomic mass is 32.2. The van der Waals surface area contributed by atoms with Crippen molar-refractivity contribution in [3.63, 3.8) is 0 Å². The second-order valence-corrected chi connectivity index (χ2v) is 13.1. The quantitative estimate of drug-likeness (QED) is 0.292. The number of nitrogens with two attached hydrogens (primary N) is 1. The fourth-order valence-electron chi connectivity index (χ4n) is 5.59. The van der Waals surface area contributed by atoms with Crippen LogP contribution in [0.25, 0.3) is 0 Å². The van der Waals surface area contributed by atoms with Gasteiger partial charge in [0.2, 0.25) is 0 Å². The molecule has 0 spiro atoms. The van der Waals surface area contributed by atoms with Gasteiger partial charge in [0, 0.05) is 41.7 Å². The van der Waals surface area contributed by atoms with Crippen molar-refractivity contribution in [3.05, 3.63) is 71.2 Å². The molecule has 41 heavy (non-hydrogen) atoms. The molecule has 2 atom stereocenters. The maximum absolute atomic E-state index is 13.5. The maximum Gasteiger partial charge on any atom is 0.265 e. The van der Waals surface area contributed by atoms with Crippen LogP contribution in [0.3, 0.4) is 0 Å². The summed E-state index contributed by atoms with van der Waals surface area (Å²) in [6.07, 6.45) is 2.91. The van der Waals surface area contributed by atoms with E-state index in [0.717, 1.165) is 54.5 Å². The number of carbonyl (C=O) groups excluding carboxylic acids is 1. The fourth-order valence-corrected chi connectivity index (χ4v) is 6.19. The molecular formula is C32H45N7OS. The normalized spacial score (nSPS) is 20.4. The van der Waals surface area contributed by atoms with Gasteiger partial charge in [-0.05, 0) is 75.4 Å². The van der Waals surface area contributed by atoms with E-state index in [4.69, 9.17) is 20.7 Å². The molecule has 2 aliphatic heterocycles. The van der Waals surface area contributed by atoms with Gasteiger partial charge in [-0.25, -0.2) is 9.97 Å². The minimum atomic E-state index is -0.169. The molecule has 0 saturated carbocycles. The topological polar surface area (TPSA) is 109 Å². The summed E-state index contributed by atoms with van der Waals surface area (Å²) < 4.78 is 3.01. The number of pyridine rings is 3. The van der Waals surface area contributed by atoms with Crippen molar-refractivity contribution in [2.24, 2.45) is 11.7 Å². The van der Waals surface area contributed by atoms with Crippen molar-refractivity contribution < 1.29 is 4.79 Å². The fraction of sp³-hybridized carbons (Fsp3) is 0.500. The van der Waals surface area contributed by atoms with Gasteiger partial charge in [-0.1, -0.05) is 46.8 Å². The smallest absolute Gasteiger partial charge is 0.265 e. The molecule has 5 rings (SSSR count). The Kier molecular flexibility index (Phi) is 9.59. The Morgan fingerprint density at radius 2 is 1.78 bits per heavy atom. The lowest BCUT2D eigenvalue weighted by Gasteiger charge is -2.34. The SMILES string of the molecule is CC.CC(C)(C)c1ccc2c(n1)N1CC(CCC(c3cccc(CN)n3)Nc3cccc(n3)SNC2=O)CC1(C)C. The molecule has 0 aromatic carbocycles. The van der Waals surface area contributed by atoms with E-state index in [1.54, 1.807) is 0 Å². The summed E-state index contributed by atoms with van der Waals surface area (Å²) >= 11 is 1.22. The minimum absolute atomic E-state index is 0.0148. The molecule has 9 heteroatoms. The molecular weight excluding hydrogens is 530 g/mol. The molecule has 2 unspecified atom stereocenters. The van der Waals surface area contributed by atoms with Gasteiger partial charge in [-0.15, -0.1) is 0 Å². The average molecular weight is 576 g/mol. The second-order valence-electron chi connectivity index (χ2n) is 12.2. The number of aromatic nitrogens is 3. The first-order valence-electron chi connectivity index (χ1n) is 14.7. The zero-order chi connectivity index (χ0) is 29.8. The van der Waals surface area contributed by atoms with E-state index in [-0.39, 0.29) is 22.9 Å². The number of nitrogens with zero attached hydrogens (tertiary/aromatic N) is 4. The number of nitrogens with one attached hydrogen (secondary N) is 2. The predicted octanol–water partition coefficient (Wildman–Crippen LogP) is 6.64. The van der Waals surface area contributed by atoms with Gasteiger partial charge in [0.1, 0.15) is 16.7 Å². The lowest BCUT2D eigenvalue weighted by molar-refractivity contribution is 0.0984. The van der Waals surface area contributed by atoms with Crippen molar-refractivity contribution in [1.82, 2.24) is 19.7 Å². The summed E-state index contributed by atoms with van der Waals surface area (Å²) in [7, 11) is 0. The van der Waals surface area contributed by atoms with Crippen molar-refractivity contribution in [1.29, 1.82) is 0 Å². The van der Waals surface area contributed by atoms with Crippen LogP contribution in [0, 0.1) is 5.92 Å². The first-order chi connectivity index (χ1) is 19.5. The van der Waals surface area contributed by atoms with Crippen LogP contribution in [0.5, 0.6) is 0 Å². The highest BCUT2D eigenvalue weighted by molar-refractivity contribution is 7.97. The van der Waals surface area contributed by atoms with Crippen molar-refractivity contribution in [2.75, 3.05) is 16.8 Å². The van der Waals surface area contributed by atoms with Crippen LogP contribution in [-0.4, -0.2) is 32.9 Å². The third-order valence-electron chi connectivity index (χ3n) is 7.66. The van der Waals surface area contributed by atoms with Gasteiger partial charge >= 0.3 is 0 Å². The Balaban J connectivity index is 0.00000189. The molecule has 1 amide bonds. The lowest BCUT2D eigenvalue weighted by Crippen LogP contribution is -2.40. The zero-order valence-electron chi connectivity index (χ0n) is 25.5. The highest BCUT2D eigenvalue weighted by Gasteiger charge is 2.41. The van der Waals surface area contributed by atoms with Crippen LogP contribution in [0.4, 0.5) is 11.6 Å².